The Hall–Kier alpha value is -2.25. The number of likely N-dealkylation sites (N-methyl/N-ethyl adjacent to an activating group) is 1. The molecule has 2 amide bonds. The third kappa shape index (κ3) is 3.05. The Morgan fingerprint density at radius 3 is 2.71 bits per heavy atom. The zero-order valence-corrected chi connectivity index (χ0v) is 15.3. The largest absolute Gasteiger partial charge is 0.457 e. The van der Waals surface area contributed by atoms with Crippen LogP contribution >= 0.6 is 28.1 Å². The van der Waals surface area contributed by atoms with Crippen LogP contribution in [-0.2, 0) is 9.59 Å². The number of hydrogen-bond acceptors (Lipinski definition) is 4. The summed E-state index contributed by atoms with van der Waals surface area (Å²) in [5.41, 5.74) is 1.98. The van der Waals surface area contributed by atoms with Gasteiger partial charge in [0.15, 0.2) is 5.11 Å². The molecule has 0 spiro atoms. The number of thiocarbonyl (C=S) groups is 1. The summed E-state index contributed by atoms with van der Waals surface area (Å²) in [6.07, 6.45) is 1.42. The maximum atomic E-state index is 12.2. The van der Waals surface area contributed by atoms with Crippen LogP contribution in [0.2, 0.25) is 0 Å². The fraction of sp³-hybridized carbons (Fsp3) is 0.118. The van der Waals surface area contributed by atoms with E-state index in [4.69, 9.17) is 16.6 Å². The van der Waals surface area contributed by atoms with Crippen LogP contribution < -0.4 is 5.32 Å². The second-order valence-corrected chi connectivity index (χ2v) is 6.59. The van der Waals surface area contributed by atoms with Crippen LogP contribution in [0.25, 0.3) is 17.4 Å². The van der Waals surface area contributed by atoms with Crippen LogP contribution in [0, 0.1) is 6.92 Å². The number of carbonyl (C=O) groups excluding carboxylic acids is 2. The van der Waals surface area contributed by atoms with Gasteiger partial charge in [-0.3, -0.25) is 19.8 Å². The molecule has 3 rings (SSSR count). The van der Waals surface area contributed by atoms with Crippen LogP contribution in [0.4, 0.5) is 0 Å². The molecule has 5 nitrogen and oxygen atoms in total. The van der Waals surface area contributed by atoms with E-state index in [1.54, 1.807) is 12.1 Å². The van der Waals surface area contributed by atoms with Gasteiger partial charge in [0.2, 0.25) is 0 Å². The fourth-order valence-electron chi connectivity index (χ4n) is 2.27. The number of carbonyl (C=O) groups is 2. The molecule has 2 aromatic rings. The average molecular weight is 405 g/mol. The number of amides is 2. The lowest BCUT2D eigenvalue weighted by atomic mass is 10.1. The molecule has 24 heavy (non-hydrogen) atoms. The number of furan rings is 1. The van der Waals surface area contributed by atoms with Gasteiger partial charge >= 0.3 is 0 Å². The molecule has 0 radical (unpaired) electrons. The molecule has 2 heterocycles. The zero-order valence-electron chi connectivity index (χ0n) is 12.9. The molecule has 1 saturated heterocycles. The van der Waals surface area contributed by atoms with E-state index >= 15 is 0 Å². The molecule has 1 aromatic carbocycles. The number of aryl methyl sites for hydroxylation is 1. The second-order valence-electron chi connectivity index (χ2n) is 5.35. The summed E-state index contributed by atoms with van der Waals surface area (Å²) in [7, 11) is 1.51. The Bertz CT molecular complexity index is 901. The molecule has 7 heteroatoms. The molecule has 1 aliphatic heterocycles. The molecule has 1 aromatic heterocycles. The van der Waals surface area contributed by atoms with Gasteiger partial charge in [-0.2, -0.15) is 0 Å². The van der Waals surface area contributed by atoms with Crippen LogP contribution in [0.1, 0.15) is 11.3 Å². The van der Waals surface area contributed by atoms with Crippen molar-refractivity contribution in [3.63, 3.8) is 0 Å². The molecule has 1 fully saturated rings. The van der Waals surface area contributed by atoms with Crippen molar-refractivity contribution < 1.29 is 14.0 Å². The molecule has 0 unspecified atom stereocenters. The number of benzene rings is 1. The standard InChI is InChI=1S/C17H13BrN2O3S/c1-9-7-10(3-5-13(9)18)14-6-4-11(23-14)8-12-15(21)19-17(24)20(2)16(12)22/h3-8H,1-2H3,(H,19,21,24)/b12-8-. The topological polar surface area (TPSA) is 62.6 Å². The monoisotopic (exact) mass is 404 g/mol. The highest BCUT2D eigenvalue weighted by atomic mass is 79.9. The SMILES string of the molecule is Cc1cc(-c2ccc(/C=C3/C(=O)NC(=S)N(C)C3=O)o2)ccc1Br. The summed E-state index contributed by atoms with van der Waals surface area (Å²) in [6, 6.07) is 9.38. The third-order valence-electron chi connectivity index (χ3n) is 3.66. The maximum Gasteiger partial charge on any atom is 0.265 e. The zero-order chi connectivity index (χ0) is 17.4. The van der Waals surface area contributed by atoms with E-state index in [-0.39, 0.29) is 10.7 Å². The smallest absolute Gasteiger partial charge is 0.265 e. The Morgan fingerprint density at radius 1 is 1.25 bits per heavy atom. The van der Waals surface area contributed by atoms with Gasteiger partial charge in [0.1, 0.15) is 17.1 Å². The van der Waals surface area contributed by atoms with Crippen molar-refractivity contribution in [3.8, 4) is 11.3 Å². The Morgan fingerprint density at radius 2 is 2.00 bits per heavy atom. The van der Waals surface area contributed by atoms with Crippen LogP contribution in [0.5, 0.6) is 0 Å². The van der Waals surface area contributed by atoms with Crippen LogP contribution in [-0.4, -0.2) is 28.9 Å². The van der Waals surface area contributed by atoms with Gasteiger partial charge in [0.05, 0.1) is 0 Å². The quantitative estimate of drug-likeness (QED) is 0.473. The van der Waals surface area contributed by atoms with Crippen LogP contribution in [0.3, 0.4) is 0 Å². The first-order valence-corrected chi connectivity index (χ1v) is 8.28. The highest BCUT2D eigenvalue weighted by Crippen LogP contribution is 2.27. The molecule has 0 atom stereocenters. The van der Waals surface area contributed by atoms with Gasteiger partial charge in [-0.25, -0.2) is 0 Å². The third-order valence-corrected chi connectivity index (χ3v) is 4.93. The van der Waals surface area contributed by atoms with Crippen molar-refractivity contribution in [1.82, 2.24) is 10.2 Å². The van der Waals surface area contributed by atoms with Crippen LogP contribution in [0.15, 0.2) is 44.8 Å². The normalized spacial score (nSPS) is 16.7. The minimum Gasteiger partial charge on any atom is -0.457 e. The first-order valence-electron chi connectivity index (χ1n) is 7.08. The van der Waals surface area contributed by atoms with Crippen molar-refractivity contribution in [2.45, 2.75) is 6.92 Å². The second kappa shape index (κ2) is 6.33. The van der Waals surface area contributed by atoms with Crippen molar-refractivity contribution in [2.75, 3.05) is 7.05 Å². The van der Waals surface area contributed by atoms with Crippen molar-refractivity contribution in [3.05, 3.63) is 51.7 Å². The van der Waals surface area contributed by atoms with E-state index in [0.29, 0.717) is 11.5 Å². The lowest BCUT2D eigenvalue weighted by molar-refractivity contribution is -0.128. The van der Waals surface area contributed by atoms with Gasteiger partial charge in [-0.15, -0.1) is 0 Å². The molecular formula is C17H13BrN2O3S. The number of nitrogens with one attached hydrogen (secondary N) is 1. The summed E-state index contributed by atoms with van der Waals surface area (Å²) in [6.45, 7) is 1.99. The molecule has 0 aliphatic carbocycles. The van der Waals surface area contributed by atoms with Crippen molar-refractivity contribution in [2.24, 2.45) is 0 Å². The van der Waals surface area contributed by atoms with E-state index in [2.05, 4.69) is 21.2 Å². The van der Waals surface area contributed by atoms with Gasteiger partial charge in [0.25, 0.3) is 11.8 Å². The van der Waals surface area contributed by atoms with Crippen molar-refractivity contribution in [1.29, 1.82) is 0 Å². The lowest BCUT2D eigenvalue weighted by Gasteiger charge is -2.24. The van der Waals surface area contributed by atoms with Gasteiger partial charge in [0, 0.05) is 17.1 Å². The summed E-state index contributed by atoms with van der Waals surface area (Å²) < 4.78 is 6.77. The minimum atomic E-state index is -0.527. The van der Waals surface area contributed by atoms with Gasteiger partial charge < -0.3 is 4.42 Å². The van der Waals surface area contributed by atoms with E-state index < -0.39 is 11.8 Å². The number of rotatable bonds is 2. The van der Waals surface area contributed by atoms with E-state index in [1.807, 2.05) is 25.1 Å². The maximum absolute atomic E-state index is 12.2. The predicted octanol–water partition coefficient (Wildman–Crippen LogP) is 3.27. The Kier molecular flexibility index (Phi) is 4.38. The molecule has 122 valence electrons. The van der Waals surface area contributed by atoms with Gasteiger partial charge in [-0.1, -0.05) is 22.0 Å². The Labute approximate surface area is 152 Å². The summed E-state index contributed by atoms with van der Waals surface area (Å²) in [5.74, 6) is 0.0944. The first kappa shape index (κ1) is 16.6. The number of halogens is 1. The summed E-state index contributed by atoms with van der Waals surface area (Å²) >= 11 is 8.37. The number of hydrogen-bond donors (Lipinski definition) is 1. The van der Waals surface area contributed by atoms with E-state index in [9.17, 15) is 9.59 Å². The van der Waals surface area contributed by atoms with Gasteiger partial charge in [-0.05, 0) is 55.0 Å². The number of nitrogens with zero attached hydrogens (tertiary/aromatic N) is 1. The van der Waals surface area contributed by atoms with E-state index in [0.717, 1.165) is 15.6 Å². The average Bonchev–Trinajstić information content (AvgIpc) is 3.01. The van der Waals surface area contributed by atoms with Crippen molar-refractivity contribution >= 4 is 51.2 Å². The molecular weight excluding hydrogens is 392 g/mol. The van der Waals surface area contributed by atoms with E-state index in [1.165, 1.54) is 18.0 Å². The predicted molar refractivity (Wildman–Crippen MR) is 98.1 cm³/mol. The minimum absolute atomic E-state index is 0.0148. The molecule has 0 saturated carbocycles. The Balaban J connectivity index is 1.93. The first-order chi connectivity index (χ1) is 11.4. The molecule has 1 aliphatic rings. The lowest BCUT2D eigenvalue weighted by Crippen LogP contribution is -2.52. The molecule has 0 bridgehead atoms. The highest BCUT2D eigenvalue weighted by molar-refractivity contribution is 9.10. The summed E-state index contributed by atoms with van der Waals surface area (Å²) in [4.78, 5) is 25.3. The fourth-order valence-corrected chi connectivity index (χ4v) is 2.69. The molecule has 1 N–H and O–H groups in total. The highest BCUT2D eigenvalue weighted by Gasteiger charge is 2.31. The summed E-state index contributed by atoms with van der Waals surface area (Å²) in [5, 5.41) is 2.55.